The number of carbonyl (C=O) groups excluding carboxylic acids is 1. The molecule has 1 aromatic rings. The summed E-state index contributed by atoms with van der Waals surface area (Å²) in [6.07, 6.45) is 1.67. The van der Waals surface area contributed by atoms with Crippen molar-refractivity contribution in [1.29, 1.82) is 0 Å². The van der Waals surface area contributed by atoms with Crippen molar-refractivity contribution in [2.45, 2.75) is 25.5 Å². The summed E-state index contributed by atoms with van der Waals surface area (Å²) < 4.78 is 0. The average Bonchev–Trinajstić information content (AvgIpc) is 3.02. The van der Waals surface area contributed by atoms with Gasteiger partial charge in [-0.05, 0) is 36.5 Å². The second kappa shape index (κ2) is 5.42. The molecule has 5 nitrogen and oxygen atoms in total. The monoisotopic (exact) mass is 275 g/mol. The number of hydrogen-bond acceptors (Lipinski definition) is 3. The molecule has 0 radical (unpaired) electrons. The highest BCUT2D eigenvalue weighted by Crippen LogP contribution is 2.38. The van der Waals surface area contributed by atoms with E-state index < -0.39 is 0 Å². The van der Waals surface area contributed by atoms with Gasteiger partial charge < -0.3 is 21.1 Å². The van der Waals surface area contributed by atoms with Crippen molar-refractivity contribution >= 4 is 11.7 Å². The smallest absolute Gasteiger partial charge is 0.321 e. The number of rotatable bonds is 2. The Morgan fingerprint density at radius 2 is 2.25 bits per heavy atom. The first-order chi connectivity index (χ1) is 9.67. The number of hydrogen-bond donors (Lipinski definition) is 3. The molecule has 0 spiro atoms. The summed E-state index contributed by atoms with van der Waals surface area (Å²) in [5.74, 6) is 0.724. The summed E-state index contributed by atoms with van der Waals surface area (Å²) in [5.41, 5.74) is 7.37. The zero-order valence-electron chi connectivity index (χ0n) is 11.5. The molecule has 2 amide bonds. The lowest BCUT2D eigenvalue weighted by Gasteiger charge is -2.19. The quantitative estimate of drug-likeness (QED) is 0.763. The highest BCUT2D eigenvalue weighted by molar-refractivity contribution is 5.89. The van der Waals surface area contributed by atoms with Gasteiger partial charge in [0, 0.05) is 31.2 Å². The van der Waals surface area contributed by atoms with Gasteiger partial charge in [-0.1, -0.05) is 12.1 Å². The Morgan fingerprint density at radius 3 is 3.00 bits per heavy atom. The number of likely N-dealkylation sites (tertiary alicyclic amines) is 1. The van der Waals surface area contributed by atoms with Crippen molar-refractivity contribution in [3.05, 3.63) is 29.8 Å². The molecule has 1 aliphatic heterocycles. The Morgan fingerprint density at radius 1 is 1.40 bits per heavy atom. The van der Waals surface area contributed by atoms with E-state index in [0.717, 1.165) is 30.6 Å². The first-order valence-electron chi connectivity index (χ1n) is 7.20. The molecule has 0 aromatic heterocycles. The van der Waals surface area contributed by atoms with Gasteiger partial charge in [0.1, 0.15) is 0 Å². The molecule has 1 saturated heterocycles. The van der Waals surface area contributed by atoms with E-state index in [4.69, 9.17) is 5.73 Å². The lowest BCUT2D eigenvalue weighted by molar-refractivity contribution is 0.127. The lowest BCUT2D eigenvalue weighted by Crippen LogP contribution is -2.34. The van der Waals surface area contributed by atoms with E-state index in [1.807, 2.05) is 29.2 Å². The van der Waals surface area contributed by atoms with Gasteiger partial charge in [0.25, 0.3) is 0 Å². The van der Waals surface area contributed by atoms with E-state index in [2.05, 4.69) is 5.32 Å². The maximum absolute atomic E-state index is 12.3. The van der Waals surface area contributed by atoms with Crippen LogP contribution in [-0.2, 0) is 6.54 Å². The van der Waals surface area contributed by atoms with Gasteiger partial charge >= 0.3 is 6.03 Å². The van der Waals surface area contributed by atoms with Gasteiger partial charge in [-0.15, -0.1) is 0 Å². The second-order valence-electron chi connectivity index (χ2n) is 5.81. The largest absolute Gasteiger partial charge is 0.393 e. The average molecular weight is 275 g/mol. The summed E-state index contributed by atoms with van der Waals surface area (Å²) in [6.45, 7) is 1.88. The number of amides is 2. The molecule has 4 N–H and O–H groups in total. The van der Waals surface area contributed by atoms with Gasteiger partial charge in [-0.3, -0.25) is 0 Å². The van der Waals surface area contributed by atoms with Crippen LogP contribution >= 0.6 is 0 Å². The third kappa shape index (κ3) is 2.51. The molecule has 108 valence electrons. The normalized spacial score (nSPS) is 28.5. The van der Waals surface area contributed by atoms with Crippen LogP contribution in [0.4, 0.5) is 10.5 Å². The van der Waals surface area contributed by atoms with Crippen molar-refractivity contribution in [2.75, 3.05) is 18.4 Å². The van der Waals surface area contributed by atoms with Crippen molar-refractivity contribution < 1.29 is 9.90 Å². The second-order valence-corrected chi connectivity index (χ2v) is 5.81. The lowest BCUT2D eigenvalue weighted by atomic mass is 10.00. The maximum atomic E-state index is 12.3. The molecular weight excluding hydrogens is 254 g/mol. The van der Waals surface area contributed by atoms with Gasteiger partial charge in [0.05, 0.1) is 6.10 Å². The standard InChI is InChI=1S/C15H21N3O2/c16-7-10-2-1-3-12(6-10)17-15(20)18-8-11-4-5-14(19)13(11)9-18/h1-3,6,11,13-14,19H,4-5,7-9,16H2,(H,17,20). The summed E-state index contributed by atoms with van der Waals surface area (Å²) in [4.78, 5) is 14.1. The first kappa shape index (κ1) is 13.4. The van der Waals surface area contributed by atoms with Crippen LogP contribution in [0.3, 0.4) is 0 Å². The first-order valence-corrected chi connectivity index (χ1v) is 7.20. The van der Waals surface area contributed by atoms with Crippen LogP contribution in [0.1, 0.15) is 18.4 Å². The predicted molar refractivity (Wildman–Crippen MR) is 77.1 cm³/mol. The summed E-state index contributed by atoms with van der Waals surface area (Å²) >= 11 is 0. The number of fused-ring (bicyclic) bond motifs is 1. The summed E-state index contributed by atoms with van der Waals surface area (Å²) in [6, 6.07) is 7.50. The molecule has 0 bridgehead atoms. The number of nitrogens with two attached hydrogens (primary N) is 1. The van der Waals surface area contributed by atoms with Crippen LogP contribution in [0.15, 0.2) is 24.3 Å². The van der Waals surface area contributed by atoms with E-state index in [0.29, 0.717) is 19.0 Å². The van der Waals surface area contributed by atoms with Crippen LogP contribution in [0.25, 0.3) is 0 Å². The molecular formula is C15H21N3O2. The van der Waals surface area contributed by atoms with Crippen molar-refractivity contribution in [3.8, 4) is 0 Å². The number of benzene rings is 1. The number of nitrogens with one attached hydrogen (secondary N) is 1. The summed E-state index contributed by atoms with van der Waals surface area (Å²) in [7, 11) is 0. The van der Waals surface area contributed by atoms with Crippen LogP contribution in [0.5, 0.6) is 0 Å². The topological polar surface area (TPSA) is 78.6 Å². The third-order valence-electron chi connectivity index (χ3n) is 4.52. The molecule has 1 aromatic carbocycles. The highest BCUT2D eigenvalue weighted by Gasteiger charge is 2.43. The maximum Gasteiger partial charge on any atom is 0.321 e. The fourth-order valence-corrected chi connectivity index (χ4v) is 3.38. The molecule has 1 saturated carbocycles. The zero-order chi connectivity index (χ0) is 14.1. The SMILES string of the molecule is NCc1cccc(NC(=O)N2CC3CCC(O)C3C2)c1. The van der Waals surface area contributed by atoms with Gasteiger partial charge in [0.2, 0.25) is 0 Å². The molecule has 1 heterocycles. The number of carbonyl (C=O) groups is 1. The van der Waals surface area contributed by atoms with Crippen LogP contribution < -0.4 is 11.1 Å². The Balaban J connectivity index is 1.62. The Kier molecular flexibility index (Phi) is 3.63. The molecule has 5 heteroatoms. The number of aliphatic hydroxyl groups is 1. The Labute approximate surface area is 118 Å². The molecule has 2 fully saturated rings. The van der Waals surface area contributed by atoms with Crippen molar-refractivity contribution in [2.24, 2.45) is 17.6 Å². The minimum atomic E-state index is -0.238. The molecule has 2 aliphatic rings. The fraction of sp³-hybridized carbons (Fsp3) is 0.533. The number of urea groups is 1. The van der Waals surface area contributed by atoms with Crippen LogP contribution in [-0.4, -0.2) is 35.2 Å². The van der Waals surface area contributed by atoms with E-state index in [9.17, 15) is 9.90 Å². The van der Waals surface area contributed by atoms with Crippen molar-refractivity contribution in [3.63, 3.8) is 0 Å². The predicted octanol–water partition coefficient (Wildman–Crippen LogP) is 1.38. The molecule has 3 atom stereocenters. The Hall–Kier alpha value is -1.59. The van der Waals surface area contributed by atoms with Gasteiger partial charge in [-0.25, -0.2) is 4.79 Å². The zero-order valence-corrected chi connectivity index (χ0v) is 11.5. The number of aliphatic hydroxyl groups excluding tert-OH is 1. The third-order valence-corrected chi connectivity index (χ3v) is 4.52. The Bertz CT molecular complexity index is 506. The van der Waals surface area contributed by atoms with Gasteiger partial charge in [0.15, 0.2) is 0 Å². The number of nitrogens with zero attached hydrogens (tertiary/aromatic N) is 1. The van der Waals surface area contributed by atoms with E-state index >= 15 is 0 Å². The minimum absolute atomic E-state index is 0.0826. The highest BCUT2D eigenvalue weighted by atomic mass is 16.3. The molecule has 3 unspecified atom stereocenters. The van der Waals surface area contributed by atoms with Crippen molar-refractivity contribution in [1.82, 2.24) is 4.90 Å². The number of anilines is 1. The molecule has 3 rings (SSSR count). The molecule has 1 aliphatic carbocycles. The molecule has 20 heavy (non-hydrogen) atoms. The van der Waals surface area contributed by atoms with E-state index in [-0.39, 0.29) is 18.1 Å². The van der Waals surface area contributed by atoms with E-state index in [1.165, 1.54) is 0 Å². The van der Waals surface area contributed by atoms with Gasteiger partial charge in [-0.2, -0.15) is 0 Å². The minimum Gasteiger partial charge on any atom is -0.393 e. The van der Waals surface area contributed by atoms with Crippen LogP contribution in [0.2, 0.25) is 0 Å². The summed E-state index contributed by atoms with van der Waals surface area (Å²) in [5, 5.41) is 12.8. The fourth-order valence-electron chi connectivity index (χ4n) is 3.38. The van der Waals surface area contributed by atoms with Crippen LogP contribution in [0, 0.1) is 11.8 Å². The van der Waals surface area contributed by atoms with E-state index in [1.54, 1.807) is 0 Å².